The molecule has 3 aromatic rings. The number of oxazole rings is 1. The zero-order chi connectivity index (χ0) is 20.8. The van der Waals surface area contributed by atoms with E-state index >= 15 is 0 Å². The summed E-state index contributed by atoms with van der Waals surface area (Å²) >= 11 is 0. The fourth-order valence-electron chi connectivity index (χ4n) is 3.41. The van der Waals surface area contributed by atoms with E-state index in [1.54, 1.807) is 43.3 Å². The number of amides is 1. The Morgan fingerprint density at radius 1 is 1.28 bits per heavy atom. The molecule has 0 unspecified atom stereocenters. The summed E-state index contributed by atoms with van der Waals surface area (Å²) in [6, 6.07) is 6.69. The van der Waals surface area contributed by atoms with Crippen LogP contribution in [0.4, 0.5) is 0 Å². The predicted molar refractivity (Wildman–Crippen MR) is 105 cm³/mol. The molecule has 2 N–H and O–H groups in total. The maximum atomic E-state index is 13.1. The van der Waals surface area contributed by atoms with Gasteiger partial charge in [-0.25, -0.2) is 18.5 Å². The van der Waals surface area contributed by atoms with E-state index in [-0.39, 0.29) is 22.9 Å². The number of benzene rings is 1. The average molecular weight is 412 g/mol. The second kappa shape index (κ2) is 7.09. The van der Waals surface area contributed by atoms with E-state index in [9.17, 15) is 13.2 Å². The van der Waals surface area contributed by atoms with Gasteiger partial charge in [0.2, 0.25) is 15.9 Å². The van der Waals surface area contributed by atoms with Crippen molar-refractivity contribution in [2.75, 3.05) is 6.54 Å². The molecule has 9 heteroatoms. The van der Waals surface area contributed by atoms with Gasteiger partial charge in [-0.15, -0.1) is 0 Å². The molecule has 1 aromatic carbocycles. The van der Waals surface area contributed by atoms with Crippen molar-refractivity contribution in [2.24, 2.45) is 5.14 Å². The van der Waals surface area contributed by atoms with Gasteiger partial charge in [-0.1, -0.05) is 0 Å². The lowest BCUT2D eigenvalue weighted by Gasteiger charge is -2.26. The van der Waals surface area contributed by atoms with E-state index in [0.29, 0.717) is 35.7 Å². The number of aryl methyl sites for hydroxylation is 1. The quantitative estimate of drug-likeness (QED) is 0.704. The number of primary sulfonamides is 1. The second-order valence-corrected chi connectivity index (χ2v) is 8.60. The van der Waals surface area contributed by atoms with Gasteiger partial charge in [0.25, 0.3) is 5.91 Å². The van der Waals surface area contributed by atoms with E-state index in [1.807, 2.05) is 6.07 Å². The molecule has 1 aliphatic rings. The maximum absolute atomic E-state index is 13.1. The van der Waals surface area contributed by atoms with Crippen LogP contribution in [0.1, 0.15) is 32.9 Å². The first-order chi connectivity index (χ1) is 13.7. The molecule has 2 aromatic heterocycles. The van der Waals surface area contributed by atoms with Crippen LogP contribution < -0.4 is 5.14 Å². The van der Waals surface area contributed by atoms with Crippen LogP contribution in [0.3, 0.4) is 0 Å². The molecule has 0 saturated heterocycles. The molecule has 4 rings (SSSR count). The highest BCUT2D eigenvalue weighted by molar-refractivity contribution is 7.89. The number of hydrogen-bond donors (Lipinski definition) is 1. The fourth-order valence-corrected chi connectivity index (χ4v) is 4.29. The van der Waals surface area contributed by atoms with Crippen LogP contribution in [0.15, 0.2) is 46.0 Å². The zero-order valence-corrected chi connectivity index (χ0v) is 16.9. The van der Waals surface area contributed by atoms with E-state index < -0.39 is 10.0 Å². The summed E-state index contributed by atoms with van der Waals surface area (Å²) in [6.07, 6.45) is 3.87. The Balaban J connectivity index is 1.63. The van der Waals surface area contributed by atoms with E-state index in [1.165, 1.54) is 6.07 Å². The Morgan fingerprint density at radius 3 is 2.76 bits per heavy atom. The van der Waals surface area contributed by atoms with Gasteiger partial charge in [-0.3, -0.25) is 9.78 Å². The normalized spacial score (nSPS) is 14.0. The summed E-state index contributed by atoms with van der Waals surface area (Å²) in [4.78, 5) is 23.2. The third-order valence-corrected chi connectivity index (χ3v) is 6.13. The summed E-state index contributed by atoms with van der Waals surface area (Å²) in [5, 5.41) is 5.32. The monoisotopic (exact) mass is 412 g/mol. The molecule has 0 aliphatic carbocycles. The van der Waals surface area contributed by atoms with Gasteiger partial charge in [0.1, 0.15) is 11.5 Å². The average Bonchev–Trinajstić information content (AvgIpc) is 3.12. The molecular weight excluding hydrogens is 392 g/mol. The lowest BCUT2D eigenvalue weighted by Crippen LogP contribution is -2.36. The standard InChI is InChI=1S/C20H20N4O4S/c1-12-8-15(9-18(13(12)2)29(21,26)27)20(25)24-7-5-17-16(11-24)23-19(28-17)14-4-3-6-22-10-14/h3-4,6,8-10H,5,7,11H2,1-2H3,(H2,21,26,27). The number of nitrogens with two attached hydrogens (primary N) is 1. The van der Waals surface area contributed by atoms with Crippen LogP contribution in [-0.4, -0.2) is 35.7 Å². The van der Waals surface area contributed by atoms with Gasteiger partial charge in [0.15, 0.2) is 0 Å². The first-order valence-electron chi connectivity index (χ1n) is 9.06. The Hall–Kier alpha value is -3.04. The van der Waals surface area contributed by atoms with E-state index in [0.717, 1.165) is 11.3 Å². The lowest BCUT2D eigenvalue weighted by atomic mass is 10.0. The van der Waals surface area contributed by atoms with Crippen molar-refractivity contribution in [1.29, 1.82) is 0 Å². The van der Waals surface area contributed by atoms with Crippen LogP contribution in [0.5, 0.6) is 0 Å². The molecular formula is C20H20N4O4S. The van der Waals surface area contributed by atoms with Crippen LogP contribution in [0.25, 0.3) is 11.5 Å². The smallest absolute Gasteiger partial charge is 0.254 e. The van der Waals surface area contributed by atoms with E-state index in [2.05, 4.69) is 9.97 Å². The number of carbonyl (C=O) groups excluding carboxylic acids is 1. The Labute approximate surface area is 168 Å². The topological polar surface area (TPSA) is 119 Å². The highest BCUT2D eigenvalue weighted by Gasteiger charge is 2.28. The third-order valence-electron chi connectivity index (χ3n) is 5.10. The number of rotatable bonds is 3. The predicted octanol–water partition coefficient (Wildman–Crippen LogP) is 2.20. The minimum atomic E-state index is -3.92. The van der Waals surface area contributed by atoms with Gasteiger partial charge in [-0.05, 0) is 49.2 Å². The number of sulfonamides is 1. The van der Waals surface area contributed by atoms with Crippen molar-refractivity contribution in [3.8, 4) is 11.5 Å². The van der Waals surface area contributed by atoms with Gasteiger partial charge < -0.3 is 9.32 Å². The van der Waals surface area contributed by atoms with Crippen molar-refractivity contribution >= 4 is 15.9 Å². The van der Waals surface area contributed by atoms with Crippen LogP contribution in [0, 0.1) is 13.8 Å². The summed E-state index contributed by atoms with van der Waals surface area (Å²) in [7, 11) is -3.92. The molecule has 0 radical (unpaired) electrons. The Morgan fingerprint density at radius 2 is 2.07 bits per heavy atom. The van der Waals surface area contributed by atoms with Gasteiger partial charge in [0.05, 0.1) is 17.0 Å². The highest BCUT2D eigenvalue weighted by atomic mass is 32.2. The van der Waals surface area contributed by atoms with E-state index in [4.69, 9.17) is 9.56 Å². The zero-order valence-electron chi connectivity index (χ0n) is 16.0. The van der Waals surface area contributed by atoms with Crippen molar-refractivity contribution in [2.45, 2.75) is 31.7 Å². The molecule has 150 valence electrons. The third kappa shape index (κ3) is 3.66. The Bertz CT molecular complexity index is 1200. The van der Waals surface area contributed by atoms with Crippen LogP contribution in [-0.2, 0) is 23.0 Å². The molecule has 3 heterocycles. The maximum Gasteiger partial charge on any atom is 0.254 e. The van der Waals surface area contributed by atoms with Crippen molar-refractivity contribution in [3.05, 3.63) is 64.8 Å². The number of hydrogen-bond acceptors (Lipinski definition) is 6. The van der Waals surface area contributed by atoms with Gasteiger partial charge >= 0.3 is 0 Å². The fraction of sp³-hybridized carbons (Fsp3) is 0.250. The molecule has 0 atom stereocenters. The molecule has 1 aliphatic heterocycles. The minimum absolute atomic E-state index is 0.0288. The lowest BCUT2D eigenvalue weighted by molar-refractivity contribution is 0.0727. The summed E-state index contributed by atoms with van der Waals surface area (Å²) in [6.45, 7) is 4.17. The number of fused-ring (bicyclic) bond motifs is 1. The van der Waals surface area contributed by atoms with Crippen molar-refractivity contribution in [3.63, 3.8) is 0 Å². The van der Waals surface area contributed by atoms with Crippen LogP contribution >= 0.6 is 0 Å². The van der Waals surface area contributed by atoms with Crippen molar-refractivity contribution < 1.29 is 17.6 Å². The molecule has 1 amide bonds. The molecule has 0 spiro atoms. The SMILES string of the molecule is Cc1cc(C(=O)N2CCc3oc(-c4cccnc4)nc3C2)cc(S(N)(=O)=O)c1C. The summed E-state index contributed by atoms with van der Waals surface area (Å²) in [5.41, 5.74) is 2.99. The number of nitrogens with zero attached hydrogens (tertiary/aromatic N) is 3. The Kier molecular flexibility index (Phi) is 4.71. The largest absolute Gasteiger partial charge is 0.441 e. The first-order valence-corrected chi connectivity index (χ1v) is 10.6. The summed E-state index contributed by atoms with van der Waals surface area (Å²) < 4.78 is 29.6. The molecule has 0 fully saturated rings. The summed E-state index contributed by atoms with van der Waals surface area (Å²) in [5.74, 6) is 0.952. The number of carbonyl (C=O) groups is 1. The van der Waals surface area contributed by atoms with Gasteiger partial charge in [-0.2, -0.15) is 0 Å². The number of aromatic nitrogens is 2. The molecule has 29 heavy (non-hydrogen) atoms. The molecule has 0 bridgehead atoms. The van der Waals surface area contributed by atoms with Gasteiger partial charge in [0, 0.05) is 30.9 Å². The minimum Gasteiger partial charge on any atom is -0.441 e. The first kappa shape index (κ1) is 19.3. The number of pyridine rings is 1. The molecule has 0 saturated carbocycles. The molecule has 8 nitrogen and oxygen atoms in total. The highest BCUT2D eigenvalue weighted by Crippen LogP contribution is 2.27. The second-order valence-electron chi connectivity index (χ2n) is 7.07. The van der Waals surface area contributed by atoms with Crippen molar-refractivity contribution in [1.82, 2.24) is 14.9 Å². The van der Waals surface area contributed by atoms with Crippen LogP contribution in [0.2, 0.25) is 0 Å².